The SMILES string of the molecule is COc1ccc(Sc2nc(N)nc(OC)n2)cc1. The minimum atomic E-state index is 0.137. The molecule has 0 unspecified atom stereocenters. The molecule has 1 heterocycles. The van der Waals surface area contributed by atoms with Crippen LogP contribution in [0.2, 0.25) is 0 Å². The average molecular weight is 264 g/mol. The summed E-state index contributed by atoms with van der Waals surface area (Å²) in [5.41, 5.74) is 5.56. The number of hydrogen-bond acceptors (Lipinski definition) is 7. The highest BCUT2D eigenvalue weighted by molar-refractivity contribution is 7.99. The summed E-state index contributed by atoms with van der Waals surface area (Å²) in [5, 5.41) is 0.490. The molecule has 1 aromatic carbocycles. The smallest absolute Gasteiger partial charge is 0.321 e. The summed E-state index contributed by atoms with van der Waals surface area (Å²) in [6.07, 6.45) is 0. The molecule has 6 nitrogen and oxygen atoms in total. The second kappa shape index (κ2) is 5.54. The van der Waals surface area contributed by atoms with Crippen LogP contribution < -0.4 is 15.2 Å². The lowest BCUT2D eigenvalue weighted by molar-refractivity contribution is 0.374. The van der Waals surface area contributed by atoms with E-state index in [2.05, 4.69) is 15.0 Å². The van der Waals surface area contributed by atoms with Crippen molar-refractivity contribution in [2.24, 2.45) is 0 Å². The Balaban J connectivity index is 2.19. The molecule has 0 aliphatic rings. The molecule has 2 N–H and O–H groups in total. The van der Waals surface area contributed by atoms with Crippen molar-refractivity contribution < 1.29 is 9.47 Å². The Morgan fingerprint density at radius 1 is 1.00 bits per heavy atom. The van der Waals surface area contributed by atoms with Crippen LogP contribution >= 0.6 is 11.8 Å². The number of nitrogens with two attached hydrogens (primary N) is 1. The first-order valence-electron chi connectivity index (χ1n) is 5.08. The first kappa shape index (κ1) is 12.4. The van der Waals surface area contributed by atoms with Gasteiger partial charge in [-0.05, 0) is 36.0 Å². The second-order valence-electron chi connectivity index (χ2n) is 3.24. The van der Waals surface area contributed by atoms with E-state index in [1.165, 1.54) is 18.9 Å². The molecule has 1 aromatic heterocycles. The highest BCUT2D eigenvalue weighted by Crippen LogP contribution is 2.27. The van der Waals surface area contributed by atoms with Crippen molar-refractivity contribution in [3.8, 4) is 11.8 Å². The average Bonchev–Trinajstić information content (AvgIpc) is 2.39. The Morgan fingerprint density at radius 2 is 1.72 bits per heavy atom. The van der Waals surface area contributed by atoms with Gasteiger partial charge in [-0.1, -0.05) is 0 Å². The molecule has 0 radical (unpaired) electrons. The monoisotopic (exact) mass is 264 g/mol. The fraction of sp³-hybridized carbons (Fsp3) is 0.182. The molecule has 0 aliphatic carbocycles. The summed E-state index contributed by atoms with van der Waals surface area (Å²) in [7, 11) is 3.11. The van der Waals surface area contributed by atoms with Crippen LogP contribution in [0.25, 0.3) is 0 Å². The Hall–Kier alpha value is -2.02. The van der Waals surface area contributed by atoms with Gasteiger partial charge in [0.25, 0.3) is 0 Å². The van der Waals surface area contributed by atoms with E-state index in [1.807, 2.05) is 24.3 Å². The zero-order valence-electron chi connectivity index (χ0n) is 9.95. The largest absolute Gasteiger partial charge is 0.497 e. The number of nitrogens with zero attached hydrogens (tertiary/aromatic N) is 3. The second-order valence-corrected chi connectivity index (χ2v) is 4.28. The number of aromatic nitrogens is 3. The maximum absolute atomic E-state index is 5.56. The van der Waals surface area contributed by atoms with Crippen LogP contribution in [0.1, 0.15) is 0 Å². The molecule has 94 valence electrons. The molecule has 18 heavy (non-hydrogen) atoms. The number of benzene rings is 1. The van der Waals surface area contributed by atoms with Crippen molar-refractivity contribution in [1.82, 2.24) is 15.0 Å². The van der Waals surface area contributed by atoms with Gasteiger partial charge in [-0.2, -0.15) is 15.0 Å². The third kappa shape index (κ3) is 3.01. The topological polar surface area (TPSA) is 83.2 Å². The molecule has 0 aliphatic heterocycles. The zero-order valence-corrected chi connectivity index (χ0v) is 10.8. The molecular weight excluding hydrogens is 252 g/mol. The lowest BCUT2D eigenvalue weighted by Crippen LogP contribution is -2.01. The minimum Gasteiger partial charge on any atom is -0.497 e. The summed E-state index contributed by atoms with van der Waals surface area (Å²) in [6, 6.07) is 7.76. The molecular formula is C11H12N4O2S. The Kier molecular flexibility index (Phi) is 3.83. The fourth-order valence-corrected chi connectivity index (χ4v) is 1.98. The molecule has 0 saturated carbocycles. The quantitative estimate of drug-likeness (QED) is 0.898. The Bertz CT molecular complexity index is 533. The first-order valence-corrected chi connectivity index (χ1v) is 5.90. The van der Waals surface area contributed by atoms with Crippen molar-refractivity contribution in [2.45, 2.75) is 10.1 Å². The molecule has 2 rings (SSSR count). The van der Waals surface area contributed by atoms with Crippen LogP contribution in [-0.4, -0.2) is 29.2 Å². The van der Waals surface area contributed by atoms with E-state index in [0.717, 1.165) is 10.6 Å². The van der Waals surface area contributed by atoms with Gasteiger partial charge in [0, 0.05) is 4.90 Å². The number of anilines is 1. The third-order valence-corrected chi connectivity index (χ3v) is 2.94. The van der Waals surface area contributed by atoms with Gasteiger partial charge in [0.15, 0.2) is 0 Å². The van der Waals surface area contributed by atoms with E-state index in [4.69, 9.17) is 15.2 Å². The third-order valence-electron chi connectivity index (χ3n) is 2.06. The van der Waals surface area contributed by atoms with E-state index in [1.54, 1.807) is 7.11 Å². The Morgan fingerprint density at radius 3 is 2.33 bits per heavy atom. The van der Waals surface area contributed by atoms with Crippen molar-refractivity contribution >= 4 is 17.7 Å². The Labute approximate surface area is 109 Å². The summed E-state index contributed by atoms with van der Waals surface area (Å²) < 4.78 is 10.0. The van der Waals surface area contributed by atoms with Crippen molar-refractivity contribution in [3.05, 3.63) is 24.3 Å². The van der Waals surface area contributed by atoms with Gasteiger partial charge in [0.2, 0.25) is 11.1 Å². The van der Waals surface area contributed by atoms with Gasteiger partial charge < -0.3 is 15.2 Å². The van der Waals surface area contributed by atoms with Crippen molar-refractivity contribution in [3.63, 3.8) is 0 Å². The zero-order chi connectivity index (χ0) is 13.0. The normalized spacial score (nSPS) is 10.1. The first-order chi connectivity index (χ1) is 8.71. The van der Waals surface area contributed by atoms with E-state index in [9.17, 15) is 0 Å². The number of ether oxygens (including phenoxy) is 2. The van der Waals surface area contributed by atoms with Gasteiger partial charge in [0.05, 0.1) is 14.2 Å². The van der Waals surface area contributed by atoms with Gasteiger partial charge in [0.1, 0.15) is 5.75 Å². The van der Waals surface area contributed by atoms with Crippen molar-refractivity contribution in [1.29, 1.82) is 0 Å². The molecule has 0 bridgehead atoms. The van der Waals surface area contributed by atoms with Crippen LogP contribution in [0.15, 0.2) is 34.3 Å². The molecule has 7 heteroatoms. The van der Waals surface area contributed by atoms with Crippen LogP contribution in [0, 0.1) is 0 Å². The summed E-state index contributed by atoms with van der Waals surface area (Å²) in [4.78, 5) is 12.9. The lowest BCUT2D eigenvalue weighted by Gasteiger charge is -2.04. The molecule has 0 fully saturated rings. The number of hydrogen-bond donors (Lipinski definition) is 1. The molecule has 2 aromatic rings. The summed E-state index contributed by atoms with van der Waals surface area (Å²) in [5.74, 6) is 0.935. The van der Waals surface area contributed by atoms with Gasteiger partial charge in [-0.15, -0.1) is 0 Å². The maximum Gasteiger partial charge on any atom is 0.321 e. The van der Waals surface area contributed by atoms with Crippen LogP contribution in [0.3, 0.4) is 0 Å². The van der Waals surface area contributed by atoms with E-state index in [-0.39, 0.29) is 12.0 Å². The molecule has 0 amide bonds. The summed E-state index contributed by atoms with van der Waals surface area (Å²) in [6.45, 7) is 0. The highest BCUT2D eigenvalue weighted by atomic mass is 32.2. The van der Waals surface area contributed by atoms with Gasteiger partial charge in [-0.25, -0.2) is 0 Å². The minimum absolute atomic E-state index is 0.137. The van der Waals surface area contributed by atoms with E-state index in [0.29, 0.717) is 5.16 Å². The predicted octanol–water partition coefficient (Wildman–Crippen LogP) is 1.62. The van der Waals surface area contributed by atoms with Crippen LogP contribution in [0.5, 0.6) is 11.8 Å². The van der Waals surface area contributed by atoms with E-state index < -0.39 is 0 Å². The number of methoxy groups -OCH3 is 2. The van der Waals surface area contributed by atoms with Gasteiger partial charge in [-0.3, -0.25) is 0 Å². The summed E-state index contributed by atoms with van der Waals surface area (Å²) >= 11 is 1.37. The molecule has 0 spiro atoms. The van der Waals surface area contributed by atoms with Gasteiger partial charge >= 0.3 is 6.01 Å². The maximum atomic E-state index is 5.56. The number of nitrogen functional groups attached to an aromatic ring is 1. The van der Waals surface area contributed by atoms with Crippen LogP contribution in [0.4, 0.5) is 5.95 Å². The van der Waals surface area contributed by atoms with Crippen molar-refractivity contribution in [2.75, 3.05) is 20.0 Å². The molecule has 0 atom stereocenters. The fourth-order valence-electron chi connectivity index (χ4n) is 1.24. The highest BCUT2D eigenvalue weighted by Gasteiger charge is 2.06. The lowest BCUT2D eigenvalue weighted by atomic mass is 10.3. The van der Waals surface area contributed by atoms with Crippen LogP contribution in [-0.2, 0) is 0 Å². The predicted molar refractivity (Wildman–Crippen MR) is 67.9 cm³/mol. The van der Waals surface area contributed by atoms with E-state index >= 15 is 0 Å². The molecule has 0 saturated heterocycles. The standard InChI is InChI=1S/C11H12N4O2S/c1-16-7-3-5-8(6-4-7)18-11-14-9(12)13-10(15-11)17-2/h3-6H,1-2H3,(H2,12,13,14,15). The number of rotatable bonds is 4.